The van der Waals surface area contributed by atoms with E-state index in [4.69, 9.17) is 5.73 Å². The van der Waals surface area contributed by atoms with Crippen molar-refractivity contribution in [3.05, 3.63) is 40.9 Å². The van der Waals surface area contributed by atoms with Crippen LogP contribution in [0, 0.1) is 5.82 Å². The van der Waals surface area contributed by atoms with Crippen LogP contribution in [0.25, 0.3) is 11.0 Å². The van der Waals surface area contributed by atoms with Crippen LogP contribution in [0.3, 0.4) is 0 Å². The van der Waals surface area contributed by atoms with Gasteiger partial charge in [0.2, 0.25) is 0 Å². The van der Waals surface area contributed by atoms with Gasteiger partial charge in [-0.1, -0.05) is 0 Å². The molecule has 104 valence electrons. The first kappa shape index (κ1) is 13.1. The van der Waals surface area contributed by atoms with Crippen molar-refractivity contribution in [2.75, 3.05) is 5.73 Å². The van der Waals surface area contributed by atoms with Crippen LogP contribution in [-0.4, -0.2) is 14.5 Å². The number of aromatic nitrogens is 3. The van der Waals surface area contributed by atoms with Crippen LogP contribution < -0.4 is 5.73 Å². The highest BCUT2D eigenvalue weighted by molar-refractivity contribution is 7.13. The minimum Gasteiger partial charge on any atom is -0.375 e. The number of benzene rings is 1. The summed E-state index contributed by atoms with van der Waals surface area (Å²) in [6.07, 6.45) is 2.66. The van der Waals surface area contributed by atoms with Crippen LogP contribution in [0.5, 0.6) is 0 Å². The Bertz CT molecular complexity index is 747. The molecule has 0 saturated carbocycles. The van der Waals surface area contributed by atoms with E-state index in [-0.39, 0.29) is 5.82 Å². The van der Waals surface area contributed by atoms with Crippen LogP contribution in [0.2, 0.25) is 0 Å². The molecule has 2 N–H and O–H groups in total. The molecule has 2 heterocycles. The largest absolute Gasteiger partial charge is 0.375 e. The molecule has 0 saturated heterocycles. The molecule has 0 unspecified atom stereocenters. The van der Waals surface area contributed by atoms with Gasteiger partial charge in [0.15, 0.2) is 5.13 Å². The van der Waals surface area contributed by atoms with Crippen LogP contribution in [-0.2, 0) is 19.9 Å². The summed E-state index contributed by atoms with van der Waals surface area (Å²) in [6.45, 7) is 0. The molecule has 0 aliphatic carbocycles. The number of rotatable bonds is 4. The van der Waals surface area contributed by atoms with Crippen LogP contribution in [0.1, 0.15) is 17.9 Å². The number of fused-ring (bicyclic) bond motifs is 1. The van der Waals surface area contributed by atoms with E-state index >= 15 is 0 Å². The van der Waals surface area contributed by atoms with Gasteiger partial charge in [-0.25, -0.2) is 14.4 Å². The Labute approximate surface area is 120 Å². The van der Waals surface area contributed by atoms with Crippen molar-refractivity contribution in [1.82, 2.24) is 14.5 Å². The highest BCUT2D eigenvalue weighted by atomic mass is 32.1. The van der Waals surface area contributed by atoms with Gasteiger partial charge in [0.25, 0.3) is 0 Å². The van der Waals surface area contributed by atoms with Gasteiger partial charge in [-0.2, -0.15) is 0 Å². The van der Waals surface area contributed by atoms with Crippen molar-refractivity contribution in [1.29, 1.82) is 0 Å². The number of hydrogen-bond acceptors (Lipinski definition) is 4. The third-order valence-corrected chi connectivity index (χ3v) is 4.06. The summed E-state index contributed by atoms with van der Waals surface area (Å²) in [7, 11) is 1.96. The number of halogens is 1. The van der Waals surface area contributed by atoms with Crippen molar-refractivity contribution in [2.24, 2.45) is 7.05 Å². The van der Waals surface area contributed by atoms with Crippen molar-refractivity contribution in [3.8, 4) is 0 Å². The molecule has 20 heavy (non-hydrogen) atoms. The van der Waals surface area contributed by atoms with E-state index in [1.165, 1.54) is 23.5 Å². The first-order valence-electron chi connectivity index (χ1n) is 6.44. The lowest BCUT2D eigenvalue weighted by molar-refractivity contribution is 0.629. The van der Waals surface area contributed by atoms with Crippen LogP contribution in [0.4, 0.5) is 9.52 Å². The lowest BCUT2D eigenvalue weighted by Gasteiger charge is -2.01. The molecule has 0 radical (unpaired) electrons. The van der Waals surface area contributed by atoms with Gasteiger partial charge < -0.3 is 10.3 Å². The van der Waals surface area contributed by atoms with Gasteiger partial charge in [0.1, 0.15) is 11.6 Å². The first-order chi connectivity index (χ1) is 9.63. The van der Waals surface area contributed by atoms with Gasteiger partial charge in [-0.3, -0.25) is 0 Å². The highest BCUT2D eigenvalue weighted by Crippen LogP contribution is 2.18. The molecule has 0 bridgehead atoms. The predicted octanol–water partition coefficient (Wildman–Crippen LogP) is 2.93. The number of nitrogens with zero attached hydrogens (tertiary/aromatic N) is 3. The zero-order valence-corrected chi connectivity index (χ0v) is 12.0. The minimum atomic E-state index is -0.250. The summed E-state index contributed by atoms with van der Waals surface area (Å²) in [5, 5.41) is 2.60. The second-order valence-electron chi connectivity index (χ2n) is 4.75. The molecule has 0 spiro atoms. The Hall–Kier alpha value is -1.95. The quantitative estimate of drug-likeness (QED) is 0.803. The number of nitrogens with two attached hydrogens (primary N) is 1. The average molecular weight is 290 g/mol. The van der Waals surface area contributed by atoms with Gasteiger partial charge >= 0.3 is 0 Å². The second-order valence-corrected chi connectivity index (χ2v) is 5.64. The summed E-state index contributed by atoms with van der Waals surface area (Å²) < 4.78 is 15.2. The molecule has 0 fully saturated rings. The maximum atomic E-state index is 13.2. The monoisotopic (exact) mass is 290 g/mol. The molecule has 0 amide bonds. The Kier molecular flexibility index (Phi) is 3.40. The third kappa shape index (κ3) is 2.51. The Morgan fingerprint density at radius 1 is 1.30 bits per heavy atom. The van der Waals surface area contributed by atoms with Gasteiger partial charge in [-0.05, 0) is 25.0 Å². The van der Waals surface area contributed by atoms with E-state index in [0.717, 1.165) is 36.3 Å². The molecule has 0 aliphatic heterocycles. The van der Waals surface area contributed by atoms with Crippen molar-refractivity contribution in [3.63, 3.8) is 0 Å². The normalized spacial score (nSPS) is 11.3. The van der Waals surface area contributed by atoms with Crippen LogP contribution in [0.15, 0.2) is 23.6 Å². The molecular formula is C14H15FN4S. The van der Waals surface area contributed by atoms with E-state index < -0.39 is 0 Å². The maximum Gasteiger partial charge on any atom is 0.180 e. The number of anilines is 1. The molecule has 0 atom stereocenters. The number of aryl methyl sites for hydroxylation is 3. The average Bonchev–Trinajstić information content (AvgIpc) is 2.95. The van der Waals surface area contributed by atoms with E-state index in [1.807, 2.05) is 17.0 Å². The van der Waals surface area contributed by atoms with Gasteiger partial charge in [-0.15, -0.1) is 11.3 Å². The topological polar surface area (TPSA) is 56.7 Å². The molecular weight excluding hydrogens is 275 g/mol. The molecule has 2 aromatic heterocycles. The predicted molar refractivity (Wildman–Crippen MR) is 79.2 cm³/mol. The lowest BCUT2D eigenvalue weighted by Crippen LogP contribution is -1.99. The van der Waals surface area contributed by atoms with E-state index in [9.17, 15) is 4.39 Å². The van der Waals surface area contributed by atoms with E-state index in [0.29, 0.717) is 10.6 Å². The first-order valence-corrected chi connectivity index (χ1v) is 7.32. The zero-order valence-electron chi connectivity index (χ0n) is 11.1. The fraction of sp³-hybridized carbons (Fsp3) is 0.286. The minimum absolute atomic E-state index is 0.250. The van der Waals surface area contributed by atoms with Gasteiger partial charge in [0, 0.05) is 24.9 Å². The number of nitrogen functional groups attached to an aromatic ring is 1. The van der Waals surface area contributed by atoms with Gasteiger partial charge in [0.05, 0.1) is 16.7 Å². The number of imidazole rings is 1. The zero-order chi connectivity index (χ0) is 14.1. The summed E-state index contributed by atoms with van der Waals surface area (Å²) in [6, 6.07) is 4.70. The molecule has 3 aromatic rings. The van der Waals surface area contributed by atoms with E-state index in [2.05, 4.69) is 9.97 Å². The Morgan fingerprint density at radius 2 is 2.15 bits per heavy atom. The van der Waals surface area contributed by atoms with E-state index in [1.54, 1.807) is 6.07 Å². The highest BCUT2D eigenvalue weighted by Gasteiger charge is 2.08. The molecule has 6 heteroatoms. The second kappa shape index (κ2) is 5.20. The summed E-state index contributed by atoms with van der Waals surface area (Å²) >= 11 is 1.46. The number of hydrogen-bond donors (Lipinski definition) is 1. The van der Waals surface area contributed by atoms with Crippen molar-refractivity contribution < 1.29 is 4.39 Å². The Morgan fingerprint density at radius 3 is 2.90 bits per heavy atom. The van der Waals surface area contributed by atoms with Crippen molar-refractivity contribution in [2.45, 2.75) is 19.3 Å². The molecule has 3 rings (SSSR count). The molecule has 1 aromatic carbocycles. The van der Waals surface area contributed by atoms with Crippen LogP contribution >= 0.6 is 11.3 Å². The Balaban J connectivity index is 1.72. The fourth-order valence-corrected chi connectivity index (χ4v) is 2.91. The summed E-state index contributed by atoms with van der Waals surface area (Å²) in [5.74, 6) is 0.717. The maximum absolute atomic E-state index is 13.2. The lowest BCUT2D eigenvalue weighted by atomic mass is 10.2. The summed E-state index contributed by atoms with van der Waals surface area (Å²) in [4.78, 5) is 8.73. The summed E-state index contributed by atoms with van der Waals surface area (Å²) in [5.41, 5.74) is 8.30. The van der Waals surface area contributed by atoms with Crippen molar-refractivity contribution >= 4 is 27.5 Å². The number of thiazole rings is 1. The molecule has 0 aliphatic rings. The standard InChI is InChI=1S/C14H15FN4S/c1-19-12-6-5-9(15)7-11(12)18-13(19)4-2-3-10-8-20-14(16)17-10/h5-8H,2-4H2,1H3,(H2,16,17). The SMILES string of the molecule is Cn1c(CCCc2csc(N)n2)nc2cc(F)ccc21. The third-order valence-electron chi connectivity index (χ3n) is 3.34. The molecule has 4 nitrogen and oxygen atoms in total. The fourth-order valence-electron chi connectivity index (χ4n) is 2.31. The smallest absolute Gasteiger partial charge is 0.180 e.